The minimum absolute atomic E-state index is 0.106. The maximum Gasteiger partial charge on any atom is 0.329 e. The Morgan fingerprint density at radius 2 is 1.57 bits per heavy atom. The summed E-state index contributed by atoms with van der Waals surface area (Å²) in [5, 5.41) is 2.56. The molecule has 0 bridgehead atoms. The van der Waals surface area contributed by atoms with Crippen LogP contribution in [0.5, 0.6) is 11.5 Å². The van der Waals surface area contributed by atoms with E-state index in [0.717, 1.165) is 11.1 Å². The predicted molar refractivity (Wildman–Crippen MR) is 140 cm³/mol. The molecule has 1 heterocycles. The molecule has 2 N–H and O–H groups in total. The third-order valence-electron chi connectivity index (χ3n) is 5.93. The van der Waals surface area contributed by atoms with Crippen LogP contribution in [0.15, 0.2) is 78.9 Å². The highest BCUT2D eigenvalue weighted by Crippen LogP contribution is 2.35. The number of hydrogen-bond donors (Lipinski definition) is 2. The zero-order chi connectivity index (χ0) is 26.3. The number of urea groups is 1. The molecule has 1 atom stereocenters. The number of anilines is 1. The summed E-state index contributed by atoms with van der Waals surface area (Å²) in [6, 6.07) is 21.8. The number of amides is 3. The summed E-state index contributed by atoms with van der Waals surface area (Å²) in [4.78, 5) is 27.5. The SMILES string of the molecule is CN(C(=O)[C@H](Cc1ccccc1)NC(=O)NS(=O)(=O)CCCc1ccccc1)c1ccc2c(c1)OCO2. The second kappa shape index (κ2) is 11.8. The van der Waals surface area contributed by atoms with Gasteiger partial charge in [0.05, 0.1) is 5.75 Å². The zero-order valence-corrected chi connectivity index (χ0v) is 21.2. The van der Waals surface area contributed by atoms with Crippen LogP contribution in [0.1, 0.15) is 17.5 Å². The van der Waals surface area contributed by atoms with Crippen LogP contribution < -0.4 is 24.4 Å². The van der Waals surface area contributed by atoms with Gasteiger partial charge in [0.1, 0.15) is 6.04 Å². The van der Waals surface area contributed by atoms with Crippen LogP contribution >= 0.6 is 0 Å². The zero-order valence-electron chi connectivity index (χ0n) is 20.4. The second-order valence-corrected chi connectivity index (χ2v) is 10.5. The third-order valence-corrected chi connectivity index (χ3v) is 7.25. The monoisotopic (exact) mass is 523 g/mol. The van der Waals surface area contributed by atoms with E-state index >= 15 is 0 Å². The Labute approximate surface area is 216 Å². The molecule has 0 radical (unpaired) electrons. The average Bonchev–Trinajstić information content (AvgIpc) is 3.36. The van der Waals surface area contributed by atoms with Crippen LogP contribution in [0.3, 0.4) is 0 Å². The van der Waals surface area contributed by atoms with Crippen molar-refractivity contribution in [3.63, 3.8) is 0 Å². The summed E-state index contributed by atoms with van der Waals surface area (Å²) in [5.74, 6) is 0.466. The van der Waals surface area contributed by atoms with Crippen LogP contribution in [-0.4, -0.2) is 46.0 Å². The second-order valence-electron chi connectivity index (χ2n) is 8.66. The summed E-state index contributed by atoms with van der Waals surface area (Å²) in [7, 11) is -2.31. The van der Waals surface area contributed by atoms with Crippen molar-refractivity contribution in [1.29, 1.82) is 0 Å². The number of ether oxygens (including phenoxy) is 2. The molecule has 9 nitrogen and oxygen atoms in total. The number of aryl methyl sites for hydroxylation is 1. The maximum atomic E-state index is 13.4. The van der Waals surface area contributed by atoms with Gasteiger partial charge >= 0.3 is 6.03 Å². The van der Waals surface area contributed by atoms with E-state index in [-0.39, 0.29) is 19.0 Å². The van der Waals surface area contributed by atoms with Gasteiger partial charge in [0.15, 0.2) is 11.5 Å². The van der Waals surface area contributed by atoms with E-state index in [0.29, 0.717) is 30.0 Å². The molecule has 1 aliphatic rings. The van der Waals surface area contributed by atoms with Gasteiger partial charge in [-0.2, -0.15) is 0 Å². The van der Waals surface area contributed by atoms with Gasteiger partial charge in [0, 0.05) is 25.2 Å². The van der Waals surface area contributed by atoms with Gasteiger partial charge in [-0.15, -0.1) is 0 Å². The third kappa shape index (κ3) is 7.23. The summed E-state index contributed by atoms with van der Waals surface area (Å²) >= 11 is 0. The molecular formula is C27H29N3O6S. The molecular weight excluding hydrogens is 494 g/mol. The fourth-order valence-electron chi connectivity index (χ4n) is 4.00. The molecule has 0 unspecified atom stereocenters. The van der Waals surface area contributed by atoms with E-state index in [1.807, 2.05) is 65.4 Å². The topological polar surface area (TPSA) is 114 Å². The van der Waals surface area contributed by atoms with Crippen molar-refractivity contribution in [2.45, 2.75) is 25.3 Å². The van der Waals surface area contributed by atoms with Gasteiger partial charge in [-0.05, 0) is 36.1 Å². The summed E-state index contributed by atoms with van der Waals surface area (Å²) in [6.07, 6.45) is 1.10. The first kappa shape index (κ1) is 26.0. The van der Waals surface area contributed by atoms with E-state index < -0.39 is 28.0 Å². The van der Waals surface area contributed by atoms with E-state index in [9.17, 15) is 18.0 Å². The van der Waals surface area contributed by atoms with Crippen molar-refractivity contribution in [3.05, 3.63) is 90.0 Å². The number of likely N-dealkylation sites (N-methyl/N-ethyl adjacent to an activating group) is 1. The number of nitrogens with zero attached hydrogens (tertiary/aromatic N) is 1. The lowest BCUT2D eigenvalue weighted by Crippen LogP contribution is -2.52. The summed E-state index contributed by atoms with van der Waals surface area (Å²) in [6.45, 7) is 0.106. The number of fused-ring (bicyclic) bond motifs is 1. The number of hydrogen-bond acceptors (Lipinski definition) is 6. The van der Waals surface area contributed by atoms with Crippen LogP contribution in [0.4, 0.5) is 10.5 Å². The number of rotatable bonds is 10. The molecule has 3 aromatic carbocycles. The van der Waals surface area contributed by atoms with Gasteiger partial charge in [-0.3, -0.25) is 4.79 Å². The van der Waals surface area contributed by atoms with Gasteiger partial charge < -0.3 is 19.7 Å². The number of benzene rings is 3. The molecule has 0 spiro atoms. The Kier molecular flexibility index (Phi) is 8.29. The molecule has 0 aromatic heterocycles. The molecule has 1 aliphatic heterocycles. The first-order valence-electron chi connectivity index (χ1n) is 11.9. The van der Waals surface area contributed by atoms with Gasteiger partial charge in [0.25, 0.3) is 0 Å². The van der Waals surface area contributed by atoms with Crippen molar-refractivity contribution < 1.29 is 27.5 Å². The van der Waals surface area contributed by atoms with E-state index in [1.54, 1.807) is 25.2 Å². The Morgan fingerprint density at radius 1 is 0.919 bits per heavy atom. The molecule has 0 saturated carbocycles. The molecule has 0 saturated heterocycles. The highest BCUT2D eigenvalue weighted by molar-refractivity contribution is 7.90. The maximum absolute atomic E-state index is 13.4. The standard InChI is InChI=1S/C27H29N3O6S/c1-30(22-14-15-24-25(18-22)36-19-35-24)26(31)23(17-21-11-6-3-7-12-21)28-27(32)29-37(33,34)16-8-13-20-9-4-2-5-10-20/h2-7,9-12,14-15,18,23H,8,13,16-17,19H2,1H3,(H2,28,29,32)/t23-/m0/s1. The first-order chi connectivity index (χ1) is 17.8. The van der Waals surface area contributed by atoms with Crippen molar-refractivity contribution in [1.82, 2.24) is 10.0 Å². The quantitative estimate of drug-likeness (QED) is 0.422. The molecule has 0 aliphatic carbocycles. The molecule has 0 fully saturated rings. The molecule has 194 valence electrons. The average molecular weight is 524 g/mol. The van der Waals surface area contributed by atoms with Crippen molar-refractivity contribution in [2.24, 2.45) is 0 Å². The minimum atomic E-state index is -3.89. The highest BCUT2D eigenvalue weighted by atomic mass is 32.2. The van der Waals surface area contributed by atoms with E-state index in [4.69, 9.17) is 9.47 Å². The Bertz CT molecular complexity index is 1330. The fraction of sp³-hybridized carbons (Fsp3) is 0.259. The van der Waals surface area contributed by atoms with Crippen molar-refractivity contribution in [3.8, 4) is 11.5 Å². The highest BCUT2D eigenvalue weighted by Gasteiger charge is 2.27. The molecule has 37 heavy (non-hydrogen) atoms. The molecule has 3 amide bonds. The molecule has 3 aromatic rings. The van der Waals surface area contributed by atoms with Gasteiger partial charge in [-0.25, -0.2) is 17.9 Å². The molecule has 4 rings (SSSR count). The Hall–Kier alpha value is -4.05. The Morgan fingerprint density at radius 3 is 2.27 bits per heavy atom. The number of carbonyl (C=O) groups is 2. The van der Waals surface area contributed by atoms with Crippen molar-refractivity contribution >= 4 is 27.6 Å². The number of sulfonamides is 1. The minimum Gasteiger partial charge on any atom is -0.454 e. The lowest BCUT2D eigenvalue weighted by atomic mass is 10.0. The normalized spacial score (nSPS) is 13.0. The van der Waals surface area contributed by atoms with Crippen LogP contribution in [0.25, 0.3) is 0 Å². The lowest BCUT2D eigenvalue weighted by molar-refractivity contribution is -0.120. The summed E-state index contributed by atoms with van der Waals surface area (Å²) < 4.78 is 37.8. The number of nitrogens with one attached hydrogen (secondary N) is 2. The van der Waals surface area contributed by atoms with E-state index in [2.05, 4.69) is 5.32 Å². The largest absolute Gasteiger partial charge is 0.454 e. The fourth-order valence-corrected chi connectivity index (χ4v) is 4.96. The number of carbonyl (C=O) groups excluding carboxylic acids is 2. The molecule has 10 heteroatoms. The smallest absolute Gasteiger partial charge is 0.329 e. The predicted octanol–water partition coefficient (Wildman–Crippen LogP) is 3.25. The van der Waals surface area contributed by atoms with Crippen LogP contribution in [-0.2, 0) is 27.7 Å². The van der Waals surface area contributed by atoms with Crippen LogP contribution in [0, 0.1) is 0 Å². The van der Waals surface area contributed by atoms with Gasteiger partial charge in [0.2, 0.25) is 22.7 Å². The van der Waals surface area contributed by atoms with Crippen molar-refractivity contribution in [2.75, 3.05) is 24.5 Å². The van der Waals surface area contributed by atoms with E-state index in [1.165, 1.54) is 4.90 Å². The summed E-state index contributed by atoms with van der Waals surface area (Å²) in [5.41, 5.74) is 2.37. The first-order valence-corrected chi connectivity index (χ1v) is 13.5. The van der Waals surface area contributed by atoms with Crippen LogP contribution in [0.2, 0.25) is 0 Å². The lowest BCUT2D eigenvalue weighted by Gasteiger charge is -2.25. The van der Waals surface area contributed by atoms with Gasteiger partial charge in [-0.1, -0.05) is 60.7 Å². The Balaban J connectivity index is 1.42.